The van der Waals surface area contributed by atoms with Crippen molar-refractivity contribution in [2.45, 2.75) is 25.8 Å². The Morgan fingerprint density at radius 3 is 2.88 bits per heavy atom. The summed E-state index contributed by atoms with van der Waals surface area (Å²) < 4.78 is 0.694. The van der Waals surface area contributed by atoms with E-state index in [-0.39, 0.29) is 0 Å². The molecule has 2 N–H and O–H groups in total. The molecular weight excluding hydrogens is 293 g/mol. The van der Waals surface area contributed by atoms with Gasteiger partial charge in [-0.05, 0) is 34.5 Å². The number of hydrogen-bond donors (Lipinski definition) is 2. The van der Waals surface area contributed by atoms with Gasteiger partial charge in [0.05, 0.1) is 15.2 Å². The van der Waals surface area contributed by atoms with Gasteiger partial charge in [-0.3, -0.25) is 0 Å². The highest BCUT2D eigenvalue weighted by Crippen LogP contribution is 2.30. The highest BCUT2D eigenvalue weighted by molar-refractivity contribution is 9.10. The molecule has 0 aromatic heterocycles. The van der Waals surface area contributed by atoms with Crippen LogP contribution >= 0.6 is 27.5 Å². The summed E-state index contributed by atoms with van der Waals surface area (Å²) in [4.78, 5) is 11.0. The van der Waals surface area contributed by atoms with E-state index >= 15 is 0 Å². The third-order valence-electron chi connectivity index (χ3n) is 2.16. The van der Waals surface area contributed by atoms with Crippen LogP contribution in [0.1, 0.15) is 19.8 Å². The van der Waals surface area contributed by atoms with Crippen molar-refractivity contribution < 1.29 is 9.90 Å². The largest absolute Gasteiger partial charge is 0.480 e. The summed E-state index contributed by atoms with van der Waals surface area (Å²) in [6, 6.07) is 4.73. The van der Waals surface area contributed by atoms with Crippen molar-refractivity contribution in [1.29, 1.82) is 0 Å². The molecule has 0 saturated carbocycles. The van der Waals surface area contributed by atoms with Gasteiger partial charge in [0.2, 0.25) is 0 Å². The van der Waals surface area contributed by atoms with Crippen LogP contribution in [-0.4, -0.2) is 17.1 Å². The fourth-order valence-electron chi connectivity index (χ4n) is 1.35. The topological polar surface area (TPSA) is 49.3 Å². The maximum atomic E-state index is 11.0. The van der Waals surface area contributed by atoms with Gasteiger partial charge >= 0.3 is 5.97 Å². The highest BCUT2D eigenvalue weighted by atomic mass is 79.9. The molecule has 88 valence electrons. The third kappa shape index (κ3) is 3.39. The molecule has 0 aliphatic carbocycles. The summed E-state index contributed by atoms with van der Waals surface area (Å²) in [6.07, 6.45) is 1.39. The molecule has 16 heavy (non-hydrogen) atoms. The van der Waals surface area contributed by atoms with E-state index in [0.29, 0.717) is 21.6 Å². The number of nitrogens with one attached hydrogen (secondary N) is 1. The summed E-state index contributed by atoms with van der Waals surface area (Å²) in [5.41, 5.74) is 0.702. The van der Waals surface area contributed by atoms with Crippen LogP contribution in [0.3, 0.4) is 0 Å². The van der Waals surface area contributed by atoms with Crippen LogP contribution in [0.4, 0.5) is 5.69 Å². The van der Waals surface area contributed by atoms with Gasteiger partial charge < -0.3 is 10.4 Å². The Morgan fingerprint density at radius 2 is 2.31 bits per heavy atom. The highest BCUT2D eigenvalue weighted by Gasteiger charge is 2.17. The van der Waals surface area contributed by atoms with Crippen LogP contribution in [-0.2, 0) is 4.79 Å². The Morgan fingerprint density at radius 1 is 1.62 bits per heavy atom. The number of carbonyl (C=O) groups is 1. The Kier molecular flexibility index (Phi) is 5.09. The molecule has 0 bridgehead atoms. The lowest BCUT2D eigenvalue weighted by Crippen LogP contribution is -2.29. The minimum Gasteiger partial charge on any atom is -0.480 e. The number of aliphatic carboxylic acids is 1. The SMILES string of the molecule is CCCC(Nc1cccc(Cl)c1Br)C(=O)O. The van der Waals surface area contributed by atoms with Gasteiger partial charge in [0, 0.05) is 0 Å². The van der Waals surface area contributed by atoms with E-state index in [0.717, 1.165) is 6.42 Å². The normalized spacial score (nSPS) is 12.2. The van der Waals surface area contributed by atoms with Gasteiger partial charge in [0.1, 0.15) is 6.04 Å². The second-order valence-electron chi connectivity index (χ2n) is 3.43. The van der Waals surface area contributed by atoms with E-state index in [1.807, 2.05) is 6.92 Å². The van der Waals surface area contributed by atoms with Crippen molar-refractivity contribution in [3.8, 4) is 0 Å². The van der Waals surface area contributed by atoms with Crippen molar-refractivity contribution in [3.63, 3.8) is 0 Å². The maximum absolute atomic E-state index is 11.0. The molecule has 1 atom stereocenters. The molecule has 0 heterocycles. The molecule has 0 spiro atoms. The molecule has 1 unspecified atom stereocenters. The smallest absolute Gasteiger partial charge is 0.326 e. The first-order valence-electron chi connectivity index (χ1n) is 4.99. The lowest BCUT2D eigenvalue weighted by molar-refractivity contribution is -0.138. The maximum Gasteiger partial charge on any atom is 0.326 e. The van der Waals surface area contributed by atoms with Crippen molar-refractivity contribution in [3.05, 3.63) is 27.7 Å². The molecule has 0 amide bonds. The Labute approximate surface area is 108 Å². The number of anilines is 1. The van der Waals surface area contributed by atoms with Crippen molar-refractivity contribution in [1.82, 2.24) is 0 Å². The van der Waals surface area contributed by atoms with Crippen LogP contribution in [0.15, 0.2) is 22.7 Å². The van der Waals surface area contributed by atoms with Gasteiger partial charge in [-0.15, -0.1) is 0 Å². The fourth-order valence-corrected chi connectivity index (χ4v) is 1.90. The van der Waals surface area contributed by atoms with E-state index in [2.05, 4.69) is 21.2 Å². The van der Waals surface area contributed by atoms with Crippen LogP contribution in [0.2, 0.25) is 5.02 Å². The first-order valence-corrected chi connectivity index (χ1v) is 6.16. The summed E-state index contributed by atoms with van der Waals surface area (Å²) in [5.74, 6) is -0.853. The molecular formula is C11H13BrClNO2. The number of benzene rings is 1. The molecule has 1 rings (SSSR count). The second kappa shape index (κ2) is 6.11. The van der Waals surface area contributed by atoms with Crippen LogP contribution in [0, 0.1) is 0 Å². The van der Waals surface area contributed by atoms with Crippen molar-refractivity contribution in [2.24, 2.45) is 0 Å². The Hall–Kier alpha value is -0.740. The minimum absolute atomic E-state index is 0.561. The zero-order valence-corrected chi connectivity index (χ0v) is 11.2. The van der Waals surface area contributed by atoms with E-state index in [9.17, 15) is 4.79 Å². The molecule has 0 radical (unpaired) electrons. The van der Waals surface area contributed by atoms with E-state index in [4.69, 9.17) is 16.7 Å². The van der Waals surface area contributed by atoms with Crippen LogP contribution < -0.4 is 5.32 Å². The van der Waals surface area contributed by atoms with Gasteiger partial charge in [-0.25, -0.2) is 4.79 Å². The number of carboxylic acid groups (broad SMARTS) is 1. The minimum atomic E-state index is -0.853. The second-order valence-corrected chi connectivity index (χ2v) is 4.63. The van der Waals surface area contributed by atoms with E-state index in [1.165, 1.54) is 0 Å². The Balaban J connectivity index is 2.85. The van der Waals surface area contributed by atoms with Gasteiger partial charge in [-0.2, -0.15) is 0 Å². The molecule has 3 nitrogen and oxygen atoms in total. The average Bonchev–Trinajstić information content (AvgIpc) is 2.23. The molecule has 0 aliphatic rings. The predicted molar refractivity (Wildman–Crippen MR) is 69.1 cm³/mol. The summed E-state index contributed by atoms with van der Waals surface area (Å²) >= 11 is 9.24. The van der Waals surface area contributed by atoms with Crippen LogP contribution in [0.5, 0.6) is 0 Å². The Bertz CT molecular complexity index is 384. The number of rotatable bonds is 5. The first kappa shape index (κ1) is 13.3. The zero-order chi connectivity index (χ0) is 12.1. The number of hydrogen-bond acceptors (Lipinski definition) is 2. The lowest BCUT2D eigenvalue weighted by Gasteiger charge is -2.16. The zero-order valence-electron chi connectivity index (χ0n) is 8.84. The first-order chi connectivity index (χ1) is 7.56. The summed E-state index contributed by atoms with van der Waals surface area (Å²) in [5, 5.41) is 12.5. The third-order valence-corrected chi connectivity index (χ3v) is 3.55. The van der Waals surface area contributed by atoms with Crippen molar-refractivity contribution in [2.75, 3.05) is 5.32 Å². The molecule has 0 aliphatic heterocycles. The summed E-state index contributed by atoms with van der Waals surface area (Å²) in [7, 11) is 0. The van der Waals surface area contributed by atoms with E-state index < -0.39 is 12.0 Å². The van der Waals surface area contributed by atoms with Gasteiger partial charge in [-0.1, -0.05) is 31.0 Å². The molecule has 5 heteroatoms. The molecule has 1 aromatic rings. The standard InChI is InChI=1S/C11H13BrClNO2/c1-2-4-9(11(15)16)14-8-6-3-5-7(13)10(8)12/h3,5-6,9,14H,2,4H2,1H3,(H,15,16). The molecule has 0 fully saturated rings. The van der Waals surface area contributed by atoms with Crippen molar-refractivity contribution >= 4 is 39.2 Å². The quantitative estimate of drug-likeness (QED) is 0.870. The fraction of sp³-hybridized carbons (Fsp3) is 0.364. The van der Waals surface area contributed by atoms with Gasteiger partial charge in [0.25, 0.3) is 0 Å². The monoisotopic (exact) mass is 305 g/mol. The molecule has 0 saturated heterocycles. The van der Waals surface area contributed by atoms with Gasteiger partial charge in [0.15, 0.2) is 0 Å². The number of halogens is 2. The molecule has 1 aromatic carbocycles. The van der Waals surface area contributed by atoms with Crippen LogP contribution in [0.25, 0.3) is 0 Å². The lowest BCUT2D eigenvalue weighted by atomic mass is 10.1. The van der Waals surface area contributed by atoms with E-state index in [1.54, 1.807) is 18.2 Å². The average molecular weight is 307 g/mol. The predicted octanol–water partition coefficient (Wildman–Crippen LogP) is 3.77. The summed E-state index contributed by atoms with van der Waals surface area (Å²) in [6.45, 7) is 1.95. The number of carboxylic acids is 1.